The van der Waals surface area contributed by atoms with E-state index >= 15 is 0 Å². The molecule has 0 radical (unpaired) electrons. The second-order valence-electron chi connectivity index (χ2n) is 7.58. The first-order chi connectivity index (χ1) is 13.8. The van der Waals surface area contributed by atoms with Crippen molar-refractivity contribution >= 4 is 16.7 Å². The summed E-state index contributed by atoms with van der Waals surface area (Å²) in [6, 6.07) is 11.6. The Morgan fingerprint density at radius 2 is 1.86 bits per heavy atom. The molecule has 1 aromatic heterocycles. The van der Waals surface area contributed by atoms with Gasteiger partial charge in [-0.2, -0.15) is 5.10 Å². The van der Waals surface area contributed by atoms with Gasteiger partial charge in [0.1, 0.15) is 5.82 Å². The largest absolute Gasteiger partial charge is 0.347 e. The summed E-state index contributed by atoms with van der Waals surface area (Å²) in [7, 11) is 3.74. The van der Waals surface area contributed by atoms with Crippen molar-refractivity contribution in [3.63, 3.8) is 0 Å². The Bertz CT molecular complexity index is 1110. The highest BCUT2D eigenvalue weighted by Crippen LogP contribution is 2.16. The second kappa shape index (κ2) is 8.53. The lowest BCUT2D eigenvalue weighted by molar-refractivity contribution is 0.0945. The fraction of sp³-hybridized carbons (Fsp3) is 0.318. The van der Waals surface area contributed by atoms with Crippen LogP contribution in [-0.4, -0.2) is 34.7 Å². The molecule has 0 aliphatic carbocycles. The molecular formula is C22H25FN4O2. The van der Waals surface area contributed by atoms with Gasteiger partial charge in [0.05, 0.1) is 11.4 Å². The van der Waals surface area contributed by atoms with Crippen LogP contribution in [-0.2, 0) is 13.1 Å². The molecule has 1 heterocycles. The summed E-state index contributed by atoms with van der Waals surface area (Å²) in [5.74, 6) is -0.653. The maximum atomic E-state index is 14.0. The van der Waals surface area contributed by atoms with Gasteiger partial charge in [0, 0.05) is 24.0 Å². The number of halogens is 1. The first-order valence-electron chi connectivity index (χ1n) is 9.49. The lowest BCUT2D eigenvalue weighted by Gasteiger charge is -2.14. The lowest BCUT2D eigenvalue weighted by Crippen LogP contribution is -2.31. The van der Waals surface area contributed by atoms with Gasteiger partial charge >= 0.3 is 0 Å². The quantitative estimate of drug-likeness (QED) is 0.695. The van der Waals surface area contributed by atoms with Crippen molar-refractivity contribution in [1.82, 2.24) is 20.0 Å². The number of nitrogens with zero attached hydrogens (tertiary/aromatic N) is 3. The van der Waals surface area contributed by atoms with Gasteiger partial charge in [-0.25, -0.2) is 9.07 Å². The summed E-state index contributed by atoms with van der Waals surface area (Å²) < 4.78 is 15.3. The Morgan fingerprint density at radius 1 is 1.17 bits per heavy atom. The number of carbonyl (C=O) groups is 1. The predicted molar refractivity (Wildman–Crippen MR) is 111 cm³/mol. The molecule has 3 aromatic rings. The van der Waals surface area contributed by atoms with E-state index in [4.69, 9.17) is 0 Å². The number of carbonyl (C=O) groups excluding carboxylic acids is 1. The van der Waals surface area contributed by atoms with E-state index in [9.17, 15) is 14.0 Å². The first-order valence-corrected chi connectivity index (χ1v) is 9.49. The minimum absolute atomic E-state index is 0.177. The molecule has 29 heavy (non-hydrogen) atoms. The lowest BCUT2D eigenvalue weighted by atomic mass is 10.1. The van der Waals surface area contributed by atoms with Crippen molar-refractivity contribution in [3.05, 3.63) is 75.5 Å². The maximum absolute atomic E-state index is 14.0. The van der Waals surface area contributed by atoms with Crippen LogP contribution < -0.4 is 10.9 Å². The van der Waals surface area contributed by atoms with Gasteiger partial charge in [0.2, 0.25) is 0 Å². The number of aromatic nitrogens is 2. The van der Waals surface area contributed by atoms with Crippen molar-refractivity contribution in [3.8, 4) is 0 Å². The molecule has 0 saturated carbocycles. The second-order valence-corrected chi connectivity index (χ2v) is 7.58. The summed E-state index contributed by atoms with van der Waals surface area (Å²) in [6.45, 7) is 4.39. The Kier molecular flexibility index (Phi) is 6.08. The molecule has 7 heteroatoms. The van der Waals surface area contributed by atoms with Crippen molar-refractivity contribution < 1.29 is 9.18 Å². The van der Waals surface area contributed by atoms with E-state index in [1.54, 1.807) is 36.4 Å². The predicted octanol–water partition coefficient (Wildman–Crippen LogP) is 3.11. The topological polar surface area (TPSA) is 67.2 Å². The number of rotatable bonds is 6. The SMILES string of the molecule is CC(C)n1nc(C(=O)NCc2ccc(F)c(CN(C)C)c2)c2ccccc2c1=O. The Hall–Kier alpha value is -3.06. The number of amides is 1. The molecule has 6 nitrogen and oxygen atoms in total. The van der Waals surface area contributed by atoms with Gasteiger partial charge in [0.25, 0.3) is 11.5 Å². The molecule has 3 rings (SSSR count). The van der Waals surface area contributed by atoms with Crippen molar-refractivity contribution in [2.45, 2.75) is 33.0 Å². The van der Waals surface area contributed by atoms with E-state index in [1.165, 1.54) is 10.7 Å². The fourth-order valence-electron chi connectivity index (χ4n) is 3.19. The van der Waals surface area contributed by atoms with E-state index < -0.39 is 0 Å². The molecular weight excluding hydrogens is 371 g/mol. The third-order valence-corrected chi connectivity index (χ3v) is 4.58. The number of benzene rings is 2. The minimum Gasteiger partial charge on any atom is -0.347 e. The smallest absolute Gasteiger partial charge is 0.274 e. The van der Waals surface area contributed by atoms with Gasteiger partial charge in [-0.1, -0.05) is 24.3 Å². The van der Waals surface area contributed by atoms with E-state index in [0.717, 1.165) is 5.56 Å². The van der Waals surface area contributed by atoms with Crippen LogP contribution in [0.4, 0.5) is 4.39 Å². The Labute approximate surface area is 169 Å². The standard InChI is InChI=1S/C22H25FN4O2/c1-14(2)27-22(29)18-8-6-5-7-17(18)20(25-27)21(28)24-12-15-9-10-19(23)16(11-15)13-26(3)4/h5-11,14H,12-13H2,1-4H3,(H,24,28). The molecule has 0 aliphatic heterocycles. The van der Waals surface area contributed by atoms with Crippen LogP contribution in [0.2, 0.25) is 0 Å². The number of hydrogen-bond acceptors (Lipinski definition) is 4. The average molecular weight is 396 g/mol. The van der Waals surface area contributed by atoms with Gasteiger partial charge < -0.3 is 10.2 Å². The number of fused-ring (bicyclic) bond motifs is 1. The zero-order chi connectivity index (χ0) is 21.1. The zero-order valence-corrected chi connectivity index (χ0v) is 17.1. The summed E-state index contributed by atoms with van der Waals surface area (Å²) >= 11 is 0. The van der Waals surface area contributed by atoms with Gasteiger partial charge in [-0.05, 0) is 51.7 Å². The molecule has 152 valence electrons. The van der Waals surface area contributed by atoms with Gasteiger partial charge in [0.15, 0.2) is 5.69 Å². The zero-order valence-electron chi connectivity index (χ0n) is 17.1. The molecule has 0 saturated heterocycles. The highest BCUT2D eigenvalue weighted by atomic mass is 19.1. The monoisotopic (exact) mass is 396 g/mol. The molecule has 0 unspecified atom stereocenters. The van der Waals surface area contributed by atoms with E-state index in [2.05, 4.69) is 10.4 Å². The van der Waals surface area contributed by atoms with Crippen molar-refractivity contribution in [1.29, 1.82) is 0 Å². The van der Waals surface area contributed by atoms with Crippen LogP contribution in [0.15, 0.2) is 47.3 Å². The molecule has 2 aromatic carbocycles. The van der Waals surface area contributed by atoms with Crippen LogP contribution in [0.25, 0.3) is 10.8 Å². The highest BCUT2D eigenvalue weighted by Gasteiger charge is 2.17. The molecule has 1 amide bonds. The summed E-state index contributed by atoms with van der Waals surface area (Å²) in [4.78, 5) is 27.4. The molecule has 0 fully saturated rings. The van der Waals surface area contributed by atoms with Crippen molar-refractivity contribution in [2.24, 2.45) is 0 Å². The van der Waals surface area contributed by atoms with Crippen LogP contribution in [0.5, 0.6) is 0 Å². The third kappa shape index (κ3) is 4.51. The van der Waals surface area contributed by atoms with Crippen LogP contribution >= 0.6 is 0 Å². The normalized spacial score (nSPS) is 11.4. The van der Waals surface area contributed by atoms with Gasteiger partial charge in [-0.15, -0.1) is 0 Å². The minimum atomic E-state index is -0.380. The summed E-state index contributed by atoms with van der Waals surface area (Å²) in [6.07, 6.45) is 0. The number of hydrogen-bond donors (Lipinski definition) is 1. The summed E-state index contributed by atoms with van der Waals surface area (Å²) in [5, 5.41) is 8.12. The van der Waals surface area contributed by atoms with Crippen LogP contribution in [0, 0.1) is 5.82 Å². The number of nitrogens with one attached hydrogen (secondary N) is 1. The van der Waals surface area contributed by atoms with Gasteiger partial charge in [-0.3, -0.25) is 9.59 Å². The van der Waals surface area contributed by atoms with Crippen LogP contribution in [0.1, 0.15) is 41.5 Å². The van der Waals surface area contributed by atoms with E-state index in [0.29, 0.717) is 22.9 Å². The molecule has 0 atom stereocenters. The maximum Gasteiger partial charge on any atom is 0.274 e. The van der Waals surface area contributed by atoms with Crippen molar-refractivity contribution in [2.75, 3.05) is 14.1 Å². The molecule has 0 spiro atoms. The molecule has 0 bridgehead atoms. The molecule has 0 aliphatic rings. The first kappa shape index (κ1) is 20.7. The van der Waals surface area contributed by atoms with E-state index in [-0.39, 0.29) is 35.6 Å². The fourth-order valence-corrected chi connectivity index (χ4v) is 3.19. The third-order valence-electron chi connectivity index (χ3n) is 4.58. The summed E-state index contributed by atoms with van der Waals surface area (Å²) in [5.41, 5.74) is 1.33. The molecule has 1 N–H and O–H groups in total. The average Bonchev–Trinajstić information content (AvgIpc) is 2.68. The van der Waals surface area contributed by atoms with Crippen LogP contribution in [0.3, 0.4) is 0 Å². The van der Waals surface area contributed by atoms with E-state index in [1.807, 2.05) is 32.8 Å². The highest BCUT2D eigenvalue weighted by molar-refractivity contribution is 6.04. The Balaban J connectivity index is 1.89. The Morgan fingerprint density at radius 3 is 2.52 bits per heavy atom.